The number of fused-ring (bicyclic) bond motifs is 3. The van der Waals surface area contributed by atoms with E-state index in [0.29, 0.717) is 17.1 Å². The molecular formula is C16H14N6O. The Hall–Kier alpha value is -2.96. The highest BCUT2D eigenvalue weighted by atomic mass is 16.1. The summed E-state index contributed by atoms with van der Waals surface area (Å²) in [4.78, 5) is 17.2. The third-order valence-corrected chi connectivity index (χ3v) is 4.51. The summed E-state index contributed by atoms with van der Waals surface area (Å²) in [6.07, 6.45) is 5.84. The molecule has 0 saturated heterocycles. The number of imidazole rings is 1. The highest BCUT2D eigenvalue weighted by Gasteiger charge is 2.29. The Morgan fingerprint density at radius 3 is 2.87 bits per heavy atom. The van der Waals surface area contributed by atoms with Crippen molar-refractivity contribution in [1.82, 2.24) is 28.9 Å². The number of nitrogens with zero attached hydrogens (tertiary/aromatic N) is 6. The number of rotatable bonds is 2. The summed E-state index contributed by atoms with van der Waals surface area (Å²) < 4.78 is 5.33. The number of para-hydroxylation sites is 1. The van der Waals surface area contributed by atoms with E-state index in [1.807, 2.05) is 28.7 Å². The van der Waals surface area contributed by atoms with Crippen molar-refractivity contribution in [2.45, 2.75) is 18.8 Å². The molecule has 114 valence electrons. The summed E-state index contributed by atoms with van der Waals surface area (Å²) in [7, 11) is 1.77. The molecule has 1 aromatic carbocycles. The van der Waals surface area contributed by atoms with Crippen molar-refractivity contribution in [1.29, 1.82) is 0 Å². The lowest BCUT2D eigenvalue weighted by Crippen LogP contribution is -2.20. The molecule has 3 heterocycles. The van der Waals surface area contributed by atoms with Gasteiger partial charge >= 0.3 is 0 Å². The largest absolute Gasteiger partial charge is 0.294 e. The third-order valence-electron chi connectivity index (χ3n) is 4.51. The van der Waals surface area contributed by atoms with Gasteiger partial charge in [0, 0.05) is 13.0 Å². The lowest BCUT2D eigenvalue weighted by molar-refractivity contribution is 0.744. The molecule has 7 heteroatoms. The summed E-state index contributed by atoms with van der Waals surface area (Å²) in [6.45, 7) is 0. The Labute approximate surface area is 130 Å². The molecule has 0 N–H and O–H groups in total. The van der Waals surface area contributed by atoms with Gasteiger partial charge in [0.05, 0.1) is 22.8 Å². The molecule has 0 atom stereocenters. The Balaban J connectivity index is 1.91. The van der Waals surface area contributed by atoms with Crippen molar-refractivity contribution >= 4 is 16.6 Å². The van der Waals surface area contributed by atoms with Crippen LogP contribution >= 0.6 is 0 Å². The van der Waals surface area contributed by atoms with E-state index in [4.69, 9.17) is 0 Å². The second-order valence-electron chi connectivity index (χ2n) is 5.99. The molecule has 1 fully saturated rings. The predicted octanol–water partition coefficient (Wildman–Crippen LogP) is 1.64. The standard InChI is InChI=1S/C16H14N6O/c1-20-15-14(22-13(8-18-19-22)10-6-7-10)17-9-21(15)12-5-3-2-4-11(12)16(20)23/h2-5,8-10H,6-7H2,1H3. The van der Waals surface area contributed by atoms with Gasteiger partial charge in [0.25, 0.3) is 5.56 Å². The smallest absolute Gasteiger partial charge is 0.261 e. The highest BCUT2D eigenvalue weighted by molar-refractivity contribution is 5.82. The van der Waals surface area contributed by atoms with Gasteiger partial charge in [-0.05, 0) is 25.0 Å². The van der Waals surface area contributed by atoms with Gasteiger partial charge in [0.1, 0.15) is 6.33 Å². The molecule has 3 aromatic heterocycles. The number of aromatic nitrogens is 6. The number of hydrogen-bond acceptors (Lipinski definition) is 4. The number of hydrogen-bond donors (Lipinski definition) is 0. The van der Waals surface area contributed by atoms with E-state index in [2.05, 4.69) is 15.3 Å². The zero-order chi connectivity index (χ0) is 15.6. The quantitative estimate of drug-likeness (QED) is 0.564. The van der Waals surface area contributed by atoms with Gasteiger partial charge in [-0.15, -0.1) is 5.10 Å². The molecule has 0 amide bonds. The first kappa shape index (κ1) is 12.6. The Bertz CT molecular complexity index is 1110. The lowest BCUT2D eigenvalue weighted by Gasteiger charge is -2.09. The minimum Gasteiger partial charge on any atom is -0.294 e. The van der Waals surface area contributed by atoms with Crippen LogP contribution in [0.15, 0.2) is 41.6 Å². The molecule has 0 unspecified atom stereocenters. The fourth-order valence-corrected chi connectivity index (χ4v) is 3.18. The molecule has 1 saturated carbocycles. The molecular weight excluding hydrogens is 292 g/mol. The van der Waals surface area contributed by atoms with E-state index < -0.39 is 0 Å². The van der Waals surface area contributed by atoms with Crippen molar-refractivity contribution in [3.05, 3.63) is 52.8 Å². The van der Waals surface area contributed by atoms with E-state index in [0.717, 1.165) is 29.7 Å². The average molecular weight is 306 g/mol. The Morgan fingerprint density at radius 1 is 1.22 bits per heavy atom. The van der Waals surface area contributed by atoms with Gasteiger partial charge in [-0.1, -0.05) is 17.3 Å². The molecule has 1 aliphatic carbocycles. The first-order valence-corrected chi connectivity index (χ1v) is 7.61. The molecule has 0 bridgehead atoms. The van der Waals surface area contributed by atoms with Crippen molar-refractivity contribution < 1.29 is 0 Å². The maximum absolute atomic E-state index is 12.7. The Kier molecular flexibility index (Phi) is 2.34. The summed E-state index contributed by atoms with van der Waals surface area (Å²) in [5.74, 6) is 1.15. The van der Waals surface area contributed by atoms with Crippen LogP contribution in [-0.2, 0) is 7.05 Å². The predicted molar refractivity (Wildman–Crippen MR) is 84.8 cm³/mol. The second-order valence-corrected chi connectivity index (χ2v) is 5.99. The van der Waals surface area contributed by atoms with E-state index in [-0.39, 0.29) is 5.56 Å². The molecule has 0 radical (unpaired) electrons. The SMILES string of the molecule is Cn1c(=O)c2ccccc2n2cnc(-n3nncc3C3CC3)c12. The molecule has 7 nitrogen and oxygen atoms in total. The van der Waals surface area contributed by atoms with Crippen LogP contribution < -0.4 is 5.56 Å². The summed E-state index contributed by atoms with van der Waals surface area (Å²) in [5, 5.41) is 8.91. The van der Waals surface area contributed by atoms with Crippen LogP contribution in [0.4, 0.5) is 0 Å². The van der Waals surface area contributed by atoms with E-state index in [1.54, 1.807) is 28.8 Å². The van der Waals surface area contributed by atoms with Gasteiger partial charge < -0.3 is 0 Å². The Morgan fingerprint density at radius 2 is 2.04 bits per heavy atom. The zero-order valence-corrected chi connectivity index (χ0v) is 12.5. The second kappa shape index (κ2) is 4.28. The molecule has 1 aliphatic rings. The van der Waals surface area contributed by atoms with Crippen LogP contribution in [0.1, 0.15) is 24.5 Å². The van der Waals surface area contributed by atoms with Crippen molar-refractivity contribution in [2.75, 3.05) is 0 Å². The fourth-order valence-electron chi connectivity index (χ4n) is 3.18. The lowest BCUT2D eigenvalue weighted by atomic mass is 10.2. The maximum atomic E-state index is 12.7. The summed E-state index contributed by atoms with van der Waals surface area (Å²) in [6, 6.07) is 7.56. The topological polar surface area (TPSA) is 70.0 Å². The summed E-state index contributed by atoms with van der Waals surface area (Å²) >= 11 is 0. The molecule has 23 heavy (non-hydrogen) atoms. The minimum absolute atomic E-state index is 0.0389. The number of aryl methyl sites for hydroxylation is 1. The van der Waals surface area contributed by atoms with Crippen LogP contribution in [0, 0.1) is 0 Å². The van der Waals surface area contributed by atoms with Crippen LogP contribution in [0.25, 0.3) is 22.4 Å². The molecule has 5 rings (SSSR count). The van der Waals surface area contributed by atoms with Crippen LogP contribution in [-0.4, -0.2) is 28.9 Å². The van der Waals surface area contributed by atoms with Gasteiger partial charge in [0.15, 0.2) is 11.5 Å². The van der Waals surface area contributed by atoms with Gasteiger partial charge in [-0.2, -0.15) is 4.68 Å². The average Bonchev–Trinajstić information content (AvgIpc) is 3.14. The van der Waals surface area contributed by atoms with E-state index in [9.17, 15) is 4.79 Å². The molecule has 0 spiro atoms. The van der Waals surface area contributed by atoms with Gasteiger partial charge in [-0.25, -0.2) is 4.98 Å². The first-order chi connectivity index (χ1) is 11.3. The number of benzene rings is 1. The molecule has 4 aromatic rings. The maximum Gasteiger partial charge on any atom is 0.261 e. The van der Waals surface area contributed by atoms with Crippen LogP contribution in [0.3, 0.4) is 0 Å². The van der Waals surface area contributed by atoms with E-state index >= 15 is 0 Å². The van der Waals surface area contributed by atoms with Crippen LogP contribution in [0.5, 0.6) is 0 Å². The normalized spacial score (nSPS) is 14.8. The zero-order valence-electron chi connectivity index (χ0n) is 12.5. The van der Waals surface area contributed by atoms with Crippen molar-refractivity contribution in [2.24, 2.45) is 7.05 Å². The molecule has 0 aliphatic heterocycles. The van der Waals surface area contributed by atoms with E-state index in [1.165, 1.54) is 0 Å². The van der Waals surface area contributed by atoms with Crippen molar-refractivity contribution in [3.8, 4) is 5.82 Å². The summed E-state index contributed by atoms with van der Waals surface area (Å²) in [5.41, 5.74) is 2.59. The monoisotopic (exact) mass is 306 g/mol. The first-order valence-electron chi connectivity index (χ1n) is 7.61. The minimum atomic E-state index is -0.0389. The van der Waals surface area contributed by atoms with Gasteiger partial charge in [0.2, 0.25) is 0 Å². The third kappa shape index (κ3) is 1.64. The van der Waals surface area contributed by atoms with Crippen molar-refractivity contribution in [3.63, 3.8) is 0 Å². The van der Waals surface area contributed by atoms with Gasteiger partial charge in [-0.3, -0.25) is 13.8 Å². The highest BCUT2D eigenvalue weighted by Crippen LogP contribution is 2.40. The fraction of sp³-hybridized carbons (Fsp3) is 0.250. The van der Waals surface area contributed by atoms with Crippen LogP contribution in [0.2, 0.25) is 0 Å².